The lowest BCUT2D eigenvalue weighted by Gasteiger charge is -1.90. The highest BCUT2D eigenvalue weighted by molar-refractivity contribution is 14.1. The van der Waals surface area contributed by atoms with Gasteiger partial charge in [0.05, 0.1) is 22.6 Å². The van der Waals surface area contributed by atoms with Crippen molar-refractivity contribution < 1.29 is 9.53 Å². The normalized spacial score (nSPS) is 19.0. The van der Waals surface area contributed by atoms with Gasteiger partial charge in [-0.15, -0.1) is 0 Å². The van der Waals surface area contributed by atoms with Crippen LogP contribution in [-0.2, 0) is 4.74 Å². The first kappa shape index (κ1) is 5.34. The summed E-state index contributed by atoms with van der Waals surface area (Å²) in [5, 5.41) is 0. The summed E-state index contributed by atoms with van der Waals surface area (Å²) in [6.45, 7) is 0. The van der Waals surface area contributed by atoms with Gasteiger partial charge in [0, 0.05) is 0 Å². The minimum atomic E-state index is -0.180. The van der Waals surface area contributed by atoms with Crippen molar-refractivity contribution in [2.24, 2.45) is 0 Å². The lowest BCUT2D eigenvalue weighted by Crippen LogP contribution is -1.92. The third-order valence-corrected chi connectivity index (χ3v) is 1.04. The summed E-state index contributed by atoms with van der Waals surface area (Å²) in [4.78, 5) is 10.1. The maximum Gasteiger partial charge on any atom is 0.367 e. The van der Waals surface area contributed by atoms with E-state index in [9.17, 15) is 4.79 Å². The Labute approximate surface area is 55.4 Å². The molecule has 1 saturated carbocycles. The molecule has 0 heterocycles. The van der Waals surface area contributed by atoms with E-state index >= 15 is 0 Å². The molecule has 1 aliphatic carbocycles. The third kappa shape index (κ3) is 2.11. The molecular formula is C4H5IO2. The van der Waals surface area contributed by atoms with Crippen molar-refractivity contribution in [2.75, 3.05) is 0 Å². The highest BCUT2D eigenvalue weighted by atomic mass is 127. The summed E-state index contributed by atoms with van der Waals surface area (Å²) in [5.74, 6) is 0. The van der Waals surface area contributed by atoms with Crippen LogP contribution in [0.1, 0.15) is 12.8 Å². The first-order valence-corrected chi connectivity index (χ1v) is 3.23. The van der Waals surface area contributed by atoms with Gasteiger partial charge < -0.3 is 4.74 Å². The van der Waals surface area contributed by atoms with Gasteiger partial charge in [-0.3, -0.25) is 0 Å². The molecule has 1 fully saturated rings. The molecule has 0 bridgehead atoms. The summed E-state index contributed by atoms with van der Waals surface area (Å²) in [7, 11) is 0. The molecule has 1 rings (SSSR count). The Balaban J connectivity index is 2.08. The van der Waals surface area contributed by atoms with E-state index in [1.165, 1.54) is 0 Å². The molecule has 0 N–H and O–H groups in total. The summed E-state index contributed by atoms with van der Waals surface area (Å²) in [5.41, 5.74) is 0. The van der Waals surface area contributed by atoms with Gasteiger partial charge >= 0.3 is 3.98 Å². The zero-order valence-corrected chi connectivity index (χ0v) is 5.84. The fourth-order valence-electron chi connectivity index (χ4n) is 0.317. The molecule has 7 heavy (non-hydrogen) atoms. The van der Waals surface area contributed by atoms with E-state index < -0.39 is 0 Å². The van der Waals surface area contributed by atoms with E-state index in [2.05, 4.69) is 0 Å². The molecule has 40 valence electrons. The van der Waals surface area contributed by atoms with E-state index in [1.54, 1.807) is 22.6 Å². The zero-order chi connectivity index (χ0) is 5.28. The van der Waals surface area contributed by atoms with Crippen molar-refractivity contribution in [3.8, 4) is 0 Å². The van der Waals surface area contributed by atoms with Crippen molar-refractivity contribution in [2.45, 2.75) is 18.9 Å². The van der Waals surface area contributed by atoms with Crippen LogP contribution in [0.15, 0.2) is 0 Å². The van der Waals surface area contributed by atoms with E-state index in [0.717, 1.165) is 12.8 Å². The van der Waals surface area contributed by atoms with Crippen LogP contribution in [0.5, 0.6) is 0 Å². The molecule has 0 saturated heterocycles. The number of carbonyl (C=O) groups is 1. The number of hydrogen-bond donors (Lipinski definition) is 0. The van der Waals surface area contributed by atoms with E-state index in [0.29, 0.717) is 0 Å². The van der Waals surface area contributed by atoms with Crippen LogP contribution in [0.4, 0.5) is 4.79 Å². The van der Waals surface area contributed by atoms with Gasteiger partial charge in [-0.05, 0) is 12.8 Å². The minimum absolute atomic E-state index is 0.180. The zero-order valence-electron chi connectivity index (χ0n) is 3.69. The molecule has 0 amide bonds. The Morgan fingerprint density at radius 2 is 2.29 bits per heavy atom. The fraction of sp³-hybridized carbons (Fsp3) is 0.750. The van der Waals surface area contributed by atoms with Crippen LogP contribution in [0.25, 0.3) is 0 Å². The van der Waals surface area contributed by atoms with Gasteiger partial charge in [0.2, 0.25) is 0 Å². The van der Waals surface area contributed by atoms with Gasteiger partial charge in [0.25, 0.3) is 0 Å². The molecule has 2 nitrogen and oxygen atoms in total. The Bertz CT molecular complexity index is 87.7. The van der Waals surface area contributed by atoms with E-state index in [1.807, 2.05) is 0 Å². The molecule has 0 aromatic rings. The average molecular weight is 212 g/mol. The predicted octanol–water partition coefficient (Wildman–Crippen LogP) is 1.72. The highest BCUT2D eigenvalue weighted by Crippen LogP contribution is 2.24. The maximum atomic E-state index is 10.1. The average Bonchev–Trinajstić information content (AvgIpc) is 2.17. The number of rotatable bonds is 1. The Kier molecular flexibility index (Phi) is 1.51. The van der Waals surface area contributed by atoms with E-state index in [4.69, 9.17) is 4.74 Å². The molecule has 0 aliphatic heterocycles. The molecular weight excluding hydrogens is 207 g/mol. The SMILES string of the molecule is O=C(I)OC1CC1. The van der Waals surface area contributed by atoms with Crippen LogP contribution < -0.4 is 0 Å². The van der Waals surface area contributed by atoms with Gasteiger partial charge in [-0.2, -0.15) is 0 Å². The molecule has 0 unspecified atom stereocenters. The third-order valence-electron chi connectivity index (χ3n) is 0.784. The molecule has 0 radical (unpaired) electrons. The monoisotopic (exact) mass is 212 g/mol. The van der Waals surface area contributed by atoms with Gasteiger partial charge in [-0.1, -0.05) is 0 Å². The maximum absolute atomic E-state index is 10.1. The molecule has 0 aromatic carbocycles. The first-order chi connectivity index (χ1) is 3.29. The van der Waals surface area contributed by atoms with E-state index in [-0.39, 0.29) is 10.1 Å². The van der Waals surface area contributed by atoms with Gasteiger partial charge in [-0.25, -0.2) is 4.79 Å². The van der Waals surface area contributed by atoms with Crippen molar-refractivity contribution in [3.05, 3.63) is 0 Å². The topological polar surface area (TPSA) is 26.3 Å². The minimum Gasteiger partial charge on any atom is -0.455 e. The van der Waals surface area contributed by atoms with Crippen molar-refractivity contribution >= 4 is 26.6 Å². The number of ether oxygens (including phenoxy) is 1. The van der Waals surface area contributed by atoms with Crippen LogP contribution in [0.3, 0.4) is 0 Å². The molecule has 0 spiro atoms. The lowest BCUT2D eigenvalue weighted by molar-refractivity contribution is 0.172. The summed E-state index contributed by atoms with van der Waals surface area (Å²) in [6, 6.07) is 0. The van der Waals surface area contributed by atoms with Crippen molar-refractivity contribution in [3.63, 3.8) is 0 Å². The molecule has 0 atom stereocenters. The Hall–Kier alpha value is 0.200. The Morgan fingerprint density at radius 3 is 2.43 bits per heavy atom. The van der Waals surface area contributed by atoms with Gasteiger partial charge in [0.15, 0.2) is 0 Å². The number of halogens is 1. The standard InChI is InChI=1S/C4H5IO2/c5-4(6)7-3-1-2-3/h3H,1-2H2. The summed E-state index contributed by atoms with van der Waals surface area (Å²) in [6.07, 6.45) is 2.40. The van der Waals surface area contributed by atoms with Crippen LogP contribution in [0.2, 0.25) is 0 Å². The lowest BCUT2D eigenvalue weighted by atomic mass is 10.8. The largest absolute Gasteiger partial charge is 0.455 e. The highest BCUT2D eigenvalue weighted by Gasteiger charge is 2.24. The second-order valence-corrected chi connectivity index (χ2v) is 2.44. The number of carbonyl (C=O) groups excluding carboxylic acids is 1. The van der Waals surface area contributed by atoms with Crippen LogP contribution in [0, 0.1) is 0 Å². The Morgan fingerprint density at radius 1 is 1.71 bits per heavy atom. The fourth-order valence-corrected chi connectivity index (χ4v) is 0.677. The van der Waals surface area contributed by atoms with Gasteiger partial charge in [0.1, 0.15) is 6.10 Å². The quantitative estimate of drug-likeness (QED) is 0.488. The molecule has 0 aromatic heterocycles. The van der Waals surface area contributed by atoms with Crippen molar-refractivity contribution in [1.29, 1.82) is 0 Å². The second kappa shape index (κ2) is 1.98. The summed E-state index contributed by atoms with van der Waals surface area (Å²) < 4.78 is 4.53. The van der Waals surface area contributed by atoms with Crippen LogP contribution in [-0.4, -0.2) is 10.1 Å². The molecule has 3 heteroatoms. The van der Waals surface area contributed by atoms with Crippen LogP contribution >= 0.6 is 22.6 Å². The van der Waals surface area contributed by atoms with Crippen molar-refractivity contribution in [1.82, 2.24) is 0 Å². The summed E-state index contributed by atoms with van der Waals surface area (Å²) >= 11 is 1.64. The predicted molar refractivity (Wildman–Crippen MR) is 33.5 cm³/mol. The second-order valence-electron chi connectivity index (χ2n) is 1.55. The first-order valence-electron chi connectivity index (χ1n) is 2.15. The smallest absolute Gasteiger partial charge is 0.367 e. The number of hydrogen-bond acceptors (Lipinski definition) is 2. The molecule has 1 aliphatic rings.